The number of ether oxygens (including phenoxy) is 2. The average molecular weight is 172 g/mol. The van der Waals surface area contributed by atoms with Gasteiger partial charge < -0.3 is 9.47 Å². The van der Waals surface area contributed by atoms with Crippen LogP contribution in [-0.2, 0) is 9.47 Å². The van der Waals surface area contributed by atoms with Crippen molar-refractivity contribution in [1.29, 1.82) is 0 Å². The van der Waals surface area contributed by atoms with Crippen molar-refractivity contribution in [1.82, 2.24) is 0 Å². The third-order valence-electron chi connectivity index (χ3n) is 2.19. The van der Waals surface area contributed by atoms with Gasteiger partial charge in [-0.1, -0.05) is 26.2 Å². The molecule has 2 heteroatoms. The van der Waals surface area contributed by atoms with E-state index in [4.69, 9.17) is 9.47 Å². The van der Waals surface area contributed by atoms with Crippen molar-refractivity contribution in [3.8, 4) is 0 Å². The Hall–Kier alpha value is -0.0800. The van der Waals surface area contributed by atoms with Crippen LogP contribution in [0, 0.1) is 0 Å². The van der Waals surface area contributed by atoms with Gasteiger partial charge in [0.2, 0.25) is 0 Å². The molecule has 0 spiro atoms. The molecule has 0 radical (unpaired) electrons. The maximum Gasteiger partial charge on any atom is 0.158 e. The summed E-state index contributed by atoms with van der Waals surface area (Å²) < 4.78 is 10.9. The first-order chi connectivity index (χ1) is 5.83. The third-order valence-corrected chi connectivity index (χ3v) is 2.19. The summed E-state index contributed by atoms with van der Waals surface area (Å²) in [6.45, 7) is 5.06. The Morgan fingerprint density at radius 1 is 1.25 bits per heavy atom. The van der Waals surface area contributed by atoms with Crippen molar-refractivity contribution in [2.75, 3.05) is 6.61 Å². The van der Waals surface area contributed by atoms with Gasteiger partial charge in [0.15, 0.2) is 6.29 Å². The van der Waals surface area contributed by atoms with Crippen molar-refractivity contribution in [2.45, 2.75) is 58.3 Å². The molecule has 0 bridgehead atoms. The topological polar surface area (TPSA) is 18.5 Å². The number of hydrogen-bond acceptors (Lipinski definition) is 2. The van der Waals surface area contributed by atoms with Crippen LogP contribution in [0.15, 0.2) is 0 Å². The highest BCUT2D eigenvalue weighted by Gasteiger charge is 2.21. The standard InChI is InChI=1S/C10H20O2/c1-3-4-5-6-7-10-11-8-9(2)12-10/h9-10H,3-8H2,1-2H3/t9-,10-/m1/s1. The van der Waals surface area contributed by atoms with Crippen molar-refractivity contribution in [3.63, 3.8) is 0 Å². The molecule has 1 heterocycles. The molecule has 2 atom stereocenters. The molecule has 0 N–H and O–H groups in total. The Kier molecular flexibility index (Phi) is 4.62. The third kappa shape index (κ3) is 3.55. The SMILES string of the molecule is CCCCCC[C@@H]1OC[C@@H](C)O1. The lowest BCUT2D eigenvalue weighted by molar-refractivity contribution is -0.0604. The fourth-order valence-corrected chi connectivity index (χ4v) is 1.47. The van der Waals surface area contributed by atoms with Crippen LogP contribution in [0.25, 0.3) is 0 Å². The van der Waals surface area contributed by atoms with Gasteiger partial charge >= 0.3 is 0 Å². The van der Waals surface area contributed by atoms with Gasteiger partial charge in [-0.05, 0) is 19.8 Å². The Bertz CT molecular complexity index is 114. The molecule has 2 nitrogen and oxygen atoms in total. The summed E-state index contributed by atoms with van der Waals surface area (Å²) in [6.07, 6.45) is 6.66. The molecule has 1 rings (SSSR count). The van der Waals surface area contributed by atoms with Crippen LogP contribution in [0.1, 0.15) is 46.0 Å². The summed E-state index contributed by atoms with van der Waals surface area (Å²) in [6, 6.07) is 0. The maximum atomic E-state index is 5.52. The average Bonchev–Trinajstić information content (AvgIpc) is 2.45. The Morgan fingerprint density at radius 3 is 2.67 bits per heavy atom. The number of rotatable bonds is 5. The predicted molar refractivity (Wildman–Crippen MR) is 49.0 cm³/mol. The summed E-state index contributed by atoms with van der Waals surface area (Å²) in [5, 5.41) is 0. The van der Waals surface area contributed by atoms with E-state index in [2.05, 4.69) is 13.8 Å². The molecular weight excluding hydrogens is 152 g/mol. The smallest absolute Gasteiger partial charge is 0.158 e. The zero-order chi connectivity index (χ0) is 8.81. The van der Waals surface area contributed by atoms with E-state index in [1.54, 1.807) is 0 Å². The zero-order valence-corrected chi connectivity index (χ0v) is 8.21. The van der Waals surface area contributed by atoms with E-state index < -0.39 is 0 Å². The van der Waals surface area contributed by atoms with Gasteiger partial charge in [-0.3, -0.25) is 0 Å². The van der Waals surface area contributed by atoms with Gasteiger partial charge in [0, 0.05) is 0 Å². The molecule has 0 aliphatic carbocycles. The second-order valence-electron chi connectivity index (χ2n) is 3.56. The molecule has 1 fully saturated rings. The monoisotopic (exact) mass is 172 g/mol. The number of unbranched alkanes of at least 4 members (excludes halogenated alkanes) is 3. The van der Waals surface area contributed by atoms with E-state index in [1.807, 2.05) is 0 Å². The van der Waals surface area contributed by atoms with Crippen LogP contribution >= 0.6 is 0 Å². The minimum absolute atomic E-state index is 0.0943. The summed E-state index contributed by atoms with van der Waals surface area (Å²) in [4.78, 5) is 0. The molecule has 12 heavy (non-hydrogen) atoms. The van der Waals surface area contributed by atoms with Gasteiger partial charge in [0.1, 0.15) is 0 Å². The van der Waals surface area contributed by atoms with Crippen LogP contribution in [0.5, 0.6) is 0 Å². The van der Waals surface area contributed by atoms with Gasteiger partial charge in [0.25, 0.3) is 0 Å². The first kappa shape index (κ1) is 10.0. The molecular formula is C10H20O2. The lowest BCUT2D eigenvalue weighted by Gasteiger charge is -2.08. The van der Waals surface area contributed by atoms with Crippen molar-refractivity contribution in [2.24, 2.45) is 0 Å². The first-order valence-corrected chi connectivity index (χ1v) is 5.10. The highest BCUT2D eigenvalue weighted by Crippen LogP contribution is 2.16. The normalized spacial score (nSPS) is 29.5. The molecule has 72 valence electrons. The lowest BCUT2D eigenvalue weighted by atomic mass is 10.1. The van der Waals surface area contributed by atoms with Crippen LogP contribution in [0.3, 0.4) is 0 Å². The van der Waals surface area contributed by atoms with E-state index in [-0.39, 0.29) is 6.29 Å². The first-order valence-electron chi connectivity index (χ1n) is 5.10. The Labute approximate surface area is 75.2 Å². The highest BCUT2D eigenvalue weighted by molar-refractivity contribution is 4.59. The van der Waals surface area contributed by atoms with E-state index >= 15 is 0 Å². The summed E-state index contributed by atoms with van der Waals surface area (Å²) in [7, 11) is 0. The second-order valence-corrected chi connectivity index (χ2v) is 3.56. The van der Waals surface area contributed by atoms with E-state index in [0.29, 0.717) is 6.10 Å². The summed E-state index contributed by atoms with van der Waals surface area (Å²) in [5.41, 5.74) is 0. The number of hydrogen-bond donors (Lipinski definition) is 0. The molecule has 1 aliphatic rings. The largest absolute Gasteiger partial charge is 0.350 e. The van der Waals surface area contributed by atoms with Crippen molar-refractivity contribution in [3.05, 3.63) is 0 Å². The fourth-order valence-electron chi connectivity index (χ4n) is 1.47. The van der Waals surface area contributed by atoms with Crippen molar-refractivity contribution < 1.29 is 9.47 Å². The quantitative estimate of drug-likeness (QED) is 0.594. The summed E-state index contributed by atoms with van der Waals surface area (Å²) >= 11 is 0. The van der Waals surface area contributed by atoms with Crippen LogP contribution in [0.4, 0.5) is 0 Å². The molecule has 0 saturated carbocycles. The molecule has 0 unspecified atom stereocenters. The molecule has 0 amide bonds. The summed E-state index contributed by atoms with van der Waals surface area (Å²) in [5.74, 6) is 0. The maximum absolute atomic E-state index is 5.52. The molecule has 0 aromatic rings. The van der Waals surface area contributed by atoms with E-state index in [9.17, 15) is 0 Å². The minimum atomic E-state index is 0.0943. The molecule has 0 aromatic carbocycles. The predicted octanol–water partition coefficient (Wildman–Crippen LogP) is 2.72. The van der Waals surface area contributed by atoms with Crippen molar-refractivity contribution >= 4 is 0 Å². The molecule has 1 aliphatic heterocycles. The van der Waals surface area contributed by atoms with Gasteiger partial charge in [0.05, 0.1) is 12.7 Å². The van der Waals surface area contributed by atoms with Gasteiger partial charge in [-0.2, -0.15) is 0 Å². The zero-order valence-electron chi connectivity index (χ0n) is 8.21. The van der Waals surface area contributed by atoms with Gasteiger partial charge in [-0.25, -0.2) is 0 Å². The van der Waals surface area contributed by atoms with E-state index in [1.165, 1.54) is 25.7 Å². The highest BCUT2D eigenvalue weighted by atomic mass is 16.7. The van der Waals surface area contributed by atoms with E-state index in [0.717, 1.165) is 13.0 Å². The lowest BCUT2D eigenvalue weighted by Crippen LogP contribution is -2.08. The Morgan fingerprint density at radius 2 is 2.08 bits per heavy atom. The molecule has 1 saturated heterocycles. The molecule has 0 aromatic heterocycles. The van der Waals surface area contributed by atoms with Gasteiger partial charge in [-0.15, -0.1) is 0 Å². The van der Waals surface area contributed by atoms with Crippen LogP contribution in [-0.4, -0.2) is 19.0 Å². The second kappa shape index (κ2) is 5.55. The van der Waals surface area contributed by atoms with Crippen LogP contribution in [0.2, 0.25) is 0 Å². The van der Waals surface area contributed by atoms with Crippen LogP contribution < -0.4 is 0 Å². The Balaban J connectivity index is 1.93. The minimum Gasteiger partial charge on any atom is -0.350 e. The fraction of sp³-hybridized carbons (Fsp3) is 1.00.